The van der Waals surface area contributed by atoms with Gasteiger partial charge in [-0.25, -0.2) is 0 Å². The predicted molar refractivity (Wildman–Crippen MR) is 55.5 cm³/mol. The Hall–Kier alpha value is -1.43. The highest BCUT2D eigenvalue weighted by atomic mass is 79.9. The summed E-state index contributed by atoms with van der Waals surface area (Å²) in [6.07, 6.45) is 0. The number of hydrogen-bond acceptors (Lipinski definition) is 4. The van der Waals surface area contributed by atoms with Gasteiger partial charge >= 0.3 is 0 Å². The third-order valence-electron chi connectivity index (χ3n) is 1.74. The van der Waals surface area contributed by atoms with Crippen LogP contribution >= 0.6 is 15.9 Å². The molecule has 5 nitrogen and oxygen atoms in total. The lowest BCUT2D eigenvalue weighted by atomic mass is 10.2. The zero-order valence-electron chi connectivity index (χ0n) is 7.26. The lowest BCUT2D eigenvalue weighted by Crippen LogP contribution is -2.04. The SMILES string of the molecule is Nc1nnn(Cc2ccccc2Br)n1. The fourth-order valence-electron chi connectivity index (χ4n) is 1.10. The zero-order valence-corrected chi connectivity index (χ0v) is 8.85. The number of halogens is 1. The standard InChI is InChI=1S/C8H8BrN5/c9-7-4-2-1-3-6(7)5-14-12-8(10)11-13-14/h1-4H,5H2,(H2,10,12). The number of anilines is 1. The molecule has 0 saturated carbocycles. The van der Waals surface area contributed by atoms with Crippen LogP contribution < -0.4 is 5.73 Å². The Bertz CT molecular complexity index is 439. The Morgan fingerprint density at radius 2 is 2.14 bits per heavy atom. The van der Waals surface area contributed by atoms with Gasteiger partial charge in [-0.1, -0.05) is 39.2 Å². The number of nitrogens with two attached hydrogens (primary N) is 1. The van der Waals surface area contributed by atoms with Crippen LogP contribution in [0.2, 0.25) is 0 Å². The Labute approximate surface area is 89.0 Å². The molecule has 2 rings (SSSR count). The summed E-state index contributed by atoms with van der Waals surface area (Å²) >= 11 is 3.44. The van der Waals surface area contributed by atoms with Crippen molar-refractivity contribution in [1.29, 1.82) is 0 Å². The first-order chi connectivity index (χ1) is 6.75. The molecule has 0 amide bonds. The van der Waals surface area contributed by atoms with Crippen LogP contribution in [0, 0.1) is 0 Å². The minimum Gasteiger partial charge on any atom is -0.365 e. The topological polar surface area (TPSA) is 69.6 Å². The van der Waals surface area contributed by atoms with Crippen LogP contribution in [0.25, 0.3) is 0 Å². The third kappa shape index (κ3) is 1.90. The van der Waals surface area contributed by atoms with E-state index in [1.54, 1.807) is 0 Å². The Balaban J connectivity index is 2.23. The molecule has 0 unspecified atom stereocenters. The van der Waals surface area contributed by atoms with E-state index in [1.165, 1.54) is 4.80 Å². The maximum Gasteiger partial charge on any atom is 0.260 e. The average Bonchev–Trinajstić information content (AvgIpc) is 2.56. The van der Waals surface area contributed by atoms with Crippen molar-refractivity contribution >= 4 is 21.9 Å². The van der Waals surface area contributed by atoms with Crippen LogP contribution in [0.3, 0.4) is 0 Å². The molecule has 0 saturated heterocycles. The van der Waals surface area contributed by atoms with Crippen LogP contribution in [0.4, 0.5) is 5.95 Å². The smallest absolute Gasteiger partial charge is 0.260 e. The number of nitrogens with zero attached hydrogens (tertiary/aromatic N) is 4. The summed E-state index contributed by atoms with van der Waals surface area (Å²) in [5.41, 5.74) is 6.44. The van der Waals surface area contributed by atoms with Crippen molar-refractivity contribution in [3.8, 4) is 0 Å². The second kappa shape index (κ2) is 3.75. The number of rotatable bonds is 2. The summed E-state index contributed by atoms with van der Waals surface area (Å²) in [5, 5.41) is 11.3. The quantitative estimate of drug-likeness (QED) is 0.870. The molecule has 14 heavy (non-hydrogen) atoms. The monoisotopic (exact) mass is 253 g/mol. The van der Waals surface area contributed by atoms with Crippen molar-refractivity contribution in [3.63, 3.8) is 0 Å². The molecule has 0 aliphatic carbocycles. The zero-order chi connectivity index (χ0) is 9.97. The van der Waals surface area contributed by atoms with Gasteiger partial charge in [0.1, 0.15) is 0 Å². The molecule has 1 heterocycles. The summed E-state index contributed by atoms with van der Waals surface area (Å²) in [7, 11) is 0. The van der Waals surface area contributed by atoms with E-state index in [9.17, 15) is 0 Å². The predicted octanol–water partition coefficient (Wildman–Crippen LogP) is 1.07. The number of aromatic nitrogens is 4. The summed E-state index contributed by atoms with van der Waals surface area (Å²) in [6, 6.07) is 7.87. The van der Waals surface area contributed by atoms with E-state index in [4.69, 9.17) is 5.73 Å². The number of tetrazole rings is 1. The molecule has 0 atom stereocenters. The van der Waals surface area contributed by atoms with Gasteiger partial charge in [0.05, 0.1) is 6.54 Å². The maximum atomic E-state index is 5.35. The number of nitrogen functional groups attached to an aromatic ring is 1. The van der Waals surface area contributed by atoms with Gasteiger partial charge in [0.25, 0.3) is 5.95 Å². The van der Waals surface area contributed by atoms with Crippen molar-refractivity contribution in [2.45, 2.75) is 6.54 Å². The Morgan fingerprint density at radius 1 is 1.36 bits per heavy atom. The minimum atomic E-state index is 0.192. The molecular formula is C8H8BrN5. The molecule has 0 bridgehead atoms. The largest absolute Gasteiger partial charge is 0.365 e. The van der Waals surface area contributed by atoms with Crippen molar-refractivity contribution < 1.29 is 0 Å². The van der Waals surface area contributed by atoms with Gasteiger partial charge in [0, 0.05) is 4.47 Å². The molecule has 0 aliphatic heterocycles. The highest BCUT2D eigenvalue weighted by Gasteiger charge is 2.02. The van der Waals surface area contributed by atoms with Crippen LogP contribution in [0.15, 0.2) is 28.7 Å². The van der Waals surface area contributed by atoms with E-state index in [0.29, 0.717) is 6.54 Å². The van der Waals surface area contributed by atoms with Gasteiger partial charge in [-0.3, -0.25) is 0 Å². The molecule has 1 aromatic carbocycles. The summed E-state index contributed by atoms with van der Waals surface area (Å²) in [4.78, 5) is 1.45. The molecule has 0 spiro atoms. The van der Waals surface area contributed by atoms with Gasteiger partial charge < -0.3 is 5.73 Å². The lowest BCUT2D eigenvalue weighted by Gasteiger charge is -2.01. The van der Waals surface area contributed by atoms with Crippen LogP contribution in [-0.4, -0.2) is 20.2 Å². The fraction of sp³-hybridized carbons (Fsp3) is 0.125. The first-order valence-corrected chi connectivity index (χ1v) is 4.82. The second-order valence-electron chi connectivity index (χ2n) is 2.77. The Morgan fingerprint density at radius 3 is 2.79 bits per heavy atom. The molecule has 0 fully saturated rings. The molecule has 1 aromatic heterocycles. The molecular weight excluding hydrogens is 246 g/mol. The molecule has 0 aliphatic rings. The van der Waals surface area contributed by atoms with Crippen molar-refractivity contribution in [1.82, 2.24) is 20.2 Å². The minimum absolute atomic E-state index is 0.192. The van der Waals surface area contributed by atoms with Crippen LogP contribution in [0.1, 0.15) is 5.56 Å². The van der Waals surface area contributed by atoms with E-state index in [1.807, 2.05) is 24.3 Å². The molecule has 0 radical (unpaired) electrons. The highest BCUT2D eigenvalue weighted by molar-refractivity contribution is 9.10. The van der Waals surface area contributed by atoms with Crippen molar-refractivity contribution in [2.24, 2.45) is 0 Å². The third-order valence-corrected chi connectivity index (χ3v) is 2.51. The van der Waals surface area contributed by atoms with Gasteiger partial charge in [0.2, 0.25) is 0 Å². The van der Waals surface area contributed by atoms with Crippen LogP contribution in [0.5, 0.6) is 0 Å². The maximum absolute atomic E-state index is 5.35. The van der Waals surface area contributed by atoms with E-state index in [0.717, 1.165) is 10.0 Å². The van der Waals surface area contributed by atoms with Gasteiger partial charge in [-0.2, -0.15) is 4.80 Å². The molecule has 2 aromatic rings. The van der Waals surface area contributed by atoms with E-state index < -0.39 is 0 Å². The summed E-state index contributed by atoms with van der Waals surface area (Å²) < 4.78 is 1.02. The molecule has 2 N–H and O–H groups in total. The molecule has 72 valence electrons. The van der Waals surface area contributed by atoms with Gasteiger partial charge in [0.15, 0.2) is 0 Å². The fourth-order valence-corrected chi connectivity index (χ4v) is 1.51. The van der Waals surface area contributed by atoms with Gasteiger partial charge in [-0.05, 0) is 16.8 Å². The first kappa shape index (κ1) is 9.14. The Kier molecular flexibility index (Phi) is 2.45. The van der Waals surface area contributed by atoms with Crippen molar-refractivity contribution in [3.05, 3.63) is 34.3 Å². The summed E-state index contributed by atoms with van der Waals surface area (Å²) in [6.45, 7) is 0.561. The number of hydrogen-bond donors (Lipinski definition) is 1. The molecule has 6 heteroatoms. The van der Waals surface area contributed by atoms with Gasteiger partial charge in [-0.15, -0.1) is 5.10 Å². The van der Waals surface area contributed by atoms with E-state index in [-0.39, 0.29) is 5.95 Å². The lowest BCUT2D eigenvalue weighted by molar-refractivity contribution is 0.572. The van der Waals surface area contributed by atoms with Crippen LogP contribution in [-0.2, 0) is 6.54 Å². The van der Waals surface area contributed by atoms with Crippen molar-refractivity contribution in [2.75, 3.05) is 5.73 Å². The first-order valence-electron chi connectivity index (χ1n) is 4.02. The van der Waals surface area contributed by atoms with E-state index >= 15 is 0 Å². The second-order valence-corrected chi connectivity index (χ2v) is 3.62. The normalized spacial score (nSPS) is 10.4. The van der Waals surface area contributed by atoms with E-state index in [2.05, 4.69) is 31.3 Å². The summed E-state index contributed by atoms with van der Waals surface area (Å²) in [5.74, 6) is 0.192. The average molecular weight is 254 g/mol. The number of benzene rings is 1. The highest BCUT2D eigenvalue weighted by Crippen LogP contribution is 2.16.